The monoisotopic (exact) mass is 479 g/mol. The highest BCUT2D eigenvalue weighted by molar-refractivity contribution is 7.93. The number of sulfonamides is 1. The fourth-order valence-electron chi connectivity index (χ4n) is 3.23. The van der Waals surface area contributed by atoms with Crippen LogP contribution in [0.3, 0.4) is 0 Å². The third-order valence-corrected chi connectivity index (χ3v) is 6.96. The van der Waals surface area contributed by atoms with Gasteiger partial charge in [0, 0.05) is 31.6 Å². The van der Waals surface area contributed by atoms with Gasteiger partial charge in [0.05, 0.1) is 12.1 Å². The predicted molar refractivity (Wildman–Crippen MR) is 117 cm³/mol. The van der Waals surface area contributed by atoms with Gasteiger partial charge in [-0.15, -0.1) is 10.2 Å². The van der Waals surface area contributed by atoms with E-state index in [1.807, 2.05) is 0 Å². The fourth-order valence-corrected chi connectivity index (χ4v) is 4.46. The Hall–Kier alpha value is -2.83. The molecule has 11 nitrogen and oxygen atoms in total. The number of anilines is 1. The van der Waals surface area contributed by atoms with Gasteiger partial charge in [0.25, 0.3) is 0 Å². The van der Waals surface area contributed by atoms with Gasteiger partial charge in [-0.2, -0.15) is 0 Å². The number of pyridine rings is 1. The van der Waals surface area contributed by atoms with Crippen LogP contribution < -0.4 is 9.46 Å². The zero-order valence-corrected chi connectivity index (χ0v) is 19.2. The number of hydrogen-bond acceptors (Lipinski definition) is 9. The molecule has 3 aromatic rings. The summed E-state index contributed by atoms with van der Waals surface area (Å²) in [6.07, 6.45) is 3.64. The summed E-state index contributed by atoms with van der Waals surface area (Å²) >= 11 is 5.83. The molecule has 0 bridgehead atoms. The standard InChI is InChI=1S/C19H22ClN7O4S/c1-11(16(31-3)17-21-9-12(20)10-22-17)32(28,29)26-19-25-24-18(27(19)13-7-8-13)14-5-4-6-15(23-14)30-2/h4-6,9-11,13,16H,7-8H2,1-3H3,(H,25,26)/t11-,16-/m0/s1. The van der Waals surface area contributed by atoms with Gasteiger partial charge in [-0.25, -0.2) is 23.4 Å². The maximum absolute atomic E-state index is 13.2. The molecule has 0 spiro atoms. The van der Waals surface area contributed by atoms with Crippen molar-refractivity contribution in [1.82, 2.24) is 29.7 Å². The van der Waals surface area contributed by atoms with Crippen molar-refractivity contribution in [3.63, 3.8) is 0 Å². The van der Waals surface area contributed by atoms with Crippen LogP contribution in [0, 0.1) is 0 Å². The zero-order valence-electron chi connectivity index (χ0n) is 17.6. The fraction of sp³-hybridized carbons (Fsp3) is 0.421. The van der Waals surface area contributed by atoms with Crippen LogP contribution in [-0.2, 0) is 14.8 Å². The van der Waals surface area contributed by atoms with Crippen LogP contribution in [0.1, 0.15) is 37.7 Å². The molecule has 4 rings (SSSR count). The Kier molecular flexibility index (Phi) is 6.26. The van der Waals surface area contributed by atoms with Gasteiger partial charge in [0.15, 0.2) is 11.6 Å². The molecule has 0 amide bonds. The highest BCUT2D eigenvalue weighted by Crippen LogP contribution is 2.40. The Morgan fingerprint density at radius 2 is 1.91 bits per heavy atom. The number of rotatable bonds is 9. The zero-order chi connectivity index (χ0) is 22.9. The molecule has 0 aromatic carbocycles. The molecule has 0 aliphatic heterocycles. The Bertz CT molecular complexity index is 1200. The molecule has 170 valence electrons. The minimum absolute atomic E-state index is 0.0822. The minimum atomic E-state index is -3.95. The van der Waals surface area contributed by atoms with Gasteiger partial charge in [-0.3, -0.25) is 9.29 Å². The summed E-state index contributed by atoms with van der Waals surface area (Å²) in [5.74, 6) is 1.21. The summed E-state index contributed by atoms with van der Waals surface area (Å²) in [6, 6.07) is 5.36. The molecule has 1 aliphatic rings. The molecule has 0 saturated heterocycles. The van der Waals surface area contributed by atoms with Gasteiger partial charge in [-0.1, -0.05) is 17.7 Å². The lowest BCUT2D eigenvalue weighted by molar-refractivity contribution is 0.0950. The van der Waals surface area contributed by atoms with Crippen molar-refractivity contribution >= 4 is 27.6 Å². The molecule has 2 atom stereocenters. The van der Waals surface area contributed by atoms with Gasteiger partial charge in [0.2, 0.25) is 21.9 Å². The van der Waals surface area contributed by atoms with Gasteiger partial charge < -0.3 is 9.47 Å². The highest BCUT2D eigenvalue weighted by atomic mass is 35.5. The van der Waals surface area contributed by atoms with E-state index >= 15 is 0 Å². The lowest BCUT2D eigenvalue weighted by Gasteiger charge is -2.22. The number of methoxy groups -OCH3 is 2. The maximum atomic E-state index is 13.2. The number of nitrogens with one attached hydrogen (secondary N) is 1. The van der Waals surface area contributed by atoms with E-state index in [1.165, 1.54) is 33.5 Å². The van der Waals surface area contributed by atoms with Crippen LogP contribution in [0.4, 0.5) is 5.95 Å². The quantitative estimate of drug-likeness (QED) is 0.491. The number of nitrogens with zero attached hydrogens (tertiary/aromatic N) is 6. The third-order valence-electron chi connectivity index (χ3n) is 5.07. The summed E-state index contributed by atoms with van der Waals surface area (Å²) in [5, 5.41) is 7.61. The normalized spacial score (nSPS) is 15.9. The van der Waals surface area contributed by atoms with Crippen LogP contribution in [0.25, 0.3) is 11.5 Å². The van der Waals surface area contributed by atoms with E-state index in [-0.39, 0.29) is 17.8 Å². The average Bonchev–Trinajstić information content (AvgIpc) is 3.55. The smallest absolute Gasteiger partial charge is 0.240 e. The molecule has 0 radical (unpaired) electrons. The van der Waals surface area contributed by atoms with E-state index in [2.05, 4.69) is 29.9 Å². The Morgan fingerprint density at radius 1 is 1.19 bits per heavy atom. The largest absolute Gasteiger partial charge is 0.481 e. The molecular formula is C19H22ClN7O4S. The van der Waals surface area contributed by atoms with E-state index in [1.54, 1.807) is 22.8 Å². The maximum Gasteiger partial charge on any atom is 0.240 e. The van der Waals surface area contributed by atoms with Crippen molar-refractivity contribution in [2.24, 2.45) is 0 Å². The second-order valence-corrected chi connectivity index (χ2v) is 9.76. The number of halogens is 1. The molecule has 13 heteroatoms. The van der Waals surface area contributed by atoms with Crippen molar-refractivity contribution in [2.75, 3.05) is 18.9 Å². The van der Waals surface area contributed by atoms with E-state index in [4.69, 9.17) is 21.1 Å². The van der Waals surface area contributed by atoms with Crippen LogP contribution in [0.2, 0.25) is 5.02 Å². The van der Waals surface area contributed by atoms with Crippen molar-refractivity contribution in [1.29, 1.82) is 0 Å². The molecule has 1 N–H and O–H groups in total. The van der Waals surface area contributed by atoms with Crippen molar-refractivity contribution in [3.8, 4) is 17.4 Å². The topological polar surface area (TPSA) is 134 Å². The van der Waals surface area contributed by atoms with Crippen molar-refractivity contribution < 1.29 is 17.9 Å². The number of ether oxygens (including phenoxy) is 2. The van der Waals surface area contributed by atoms with E-state index in [0.717, 1.165) is 12.8 Å². The molecule has 0 unspecified atom stereocenters. The Balaban J connectivity index is 1.64. The summed E-state index contributed by atoms with van der Waals surface area (Å²) in [6.45, 7) is 1.51. The van der Waals surface area contributed by atoms with Gasteiger partial charge in [-0.05, 0) is 25.8 Å². The van der Waals surface area contributed by atoms with Crippen molar-refractivity contribution in [3.05, 3.63) is 41.4 Å². The van der Waals surface area contributed by atoms with Crippen LogP contribution in [0.15, 0.2) is 30.6 Å². The summed E-state index contributed by atoms with van der Waals surface area (Å²) in [7, 11) is -1.03. The minimum Gasteiger partial charge on any atom is -0.481 e. The summed E-state index contributed by atoms with van der Waals surface area (Å²) < 4.78 is 41.3. The molecule has 3 aromatic heterocycles. The Morgan fingerprint density at radius 3 is 2.53 bits per heavy atom. The van der Waals surface area contributed by atoms with Gasteiger partial charge in [0.1, 0.15) is 17.0 Å². The first-order valence-corrected chi connectivity index (χ1v) is 11.7. The first-order valence-electron chi connectivity index (χ1n) is 9.82. The summed E-state index contributed by atoms with van der Waals surface area (Å²) in [4.78, 5) is 12.6. The van der Waals surface area contributed by atoms with E-state index < -0.39 is 21.4 Å². The van der Waals surface area contributed by atoms with Crippen LogP contribution in [-0.4, -0.2) is 57.6 Å². The first kappa shape index (κ1) is 22.4. The average molecular weight is 480 g/mol. The van der Waals surface area contributed by atoms with E-state index in [9.17, 15) is 8.42 Å². The van der Waals surface area contributed by atoms with Crippen molar-refractivity contribution in [2.45, 2.75) is 37.2 Å². The lowest BCUT2D eigenvalue weighted by atomic mass is 10.2. The second kappa shape index (κ2) is 8.96. The van der Waals surface area contributed by atoms with Gasteiger partial charge >= 0.3 is 0 Å². The Labute approximate surface area is 190 Å². The predicted octanol–water partition coefficient (Wildman–Crippen LogP) is 2.64. The summed E-state index contributed by atoms with van der Waals surface area (Å²) in [5.41, 5.74) is 0.534. The first-order chi connectivity index (χ1) is 15.3. The SMILES string of the molecule is COc1cccc(-c2nnc(NS(=O)(=O)[C@@H](C)[C@H](OC)c3ncc(Cl)cn3)n2C2CC2)n1. The molecular weight excluding hydrogens is 458 g/mol. The molecule has 1 aliphatic carbocycles. The van der Waals surface area contributed by atoms with Crippen LogP contribution >= 0.6 is 11.6 Å². The molecule has 1 fully saturated rings. The number of hydrogen-bond donors (Lipinski definition) is 1. The third kappa shape index (κ3) is 4.52. The molecule has 1 saturated carbocycles. The van der Waals surface area contributed by atoms with E-state index in [0.29, 0.717) is 22.4 Å². The highest BCUT2D eigenvalue weighted by Gasteiger charge is 2.36. The lowest BCUT2D eigenvalue weighted by Crippen LogP contribution is -2.33. The van der Waals surface area contributed by atoms with Crippen LogP contribution in [0.5, 0.6) is 5.88 Å². The second-order valence-electron chi connectivity index (χ2n) is 7.28. The number of aromatic nitrogens is 6. The molecule has 3 heterocycles. The molecule has 32 heavy (non-hydrogen) atoms.